The molecule has 0 N–H and O–H groups in total. The summed E-state index contributed by atoms with van der Waals surface area (Å²) >= 11 is 4.19. The van der Waals surface area contributed by atoms with Gasteiger partial charge in [-0.05, 0) is 35.4 Å². The molecular formula is C17H18OS. The molecule has 0 aliphatic rings. The molecule has 2 heteroatoms. The van der Waals surface area contributed by atoms with Crippen molar-refractivity contribution in [3.8, 4) is 5.75 Å². The zero-order chi connectivity index (χ0) is 13.3. The summed E-state index contributed by atoms with van der Waals surface area (Å²) in [5.74, 6) is 1.78. The Morgan fingerprint density at radius 3 is 2.63 bits per heavy atom. The van der Waals surface area contributed by atoms with Crippen molar-refractivity contribution in [2.24, 2.45) is 0 Å². The van der Waals surface area contributed by atoms with E-state index in [1.54, 1.807) is 0 Å². The molecule has 0 bridgehead atoms. The first-order valence-electron chi connectivity index (χ1n) is 6.42. The number of thiol groups is 1. The Labute approximate surface area is 120 Å². The Kier molecular flexibility index (Phi) is 5.57. The third-order valence-corrected chi connectivity index (χ3v) is 2.97. The molecule has 0 aliphatic heterocycles. The van der Waals surface area contributed by atoms with Gasteiger partial charge < -0.3 is 4.74 Å². The van der Waals surface area contributed by atoms with Crippen molar-refractivity contribution in [1.29, 1.82) is 0 Å². The SMILES string of the molecule is SCCC=Cc1cccc(OCc2ccccc2)c1. The van der Waals surface area contributed by atoms with Crippen LogP contribution in [0.5, 0.6) is 5.75 Å². The maximum Gasteiger partial charge on any atom is 0.120 e. The van der Waals surface area contributed by atoms with Crippen LogP contribution >= 0.6 is 12.6 Å². The van der Waals surface area contributed by atoms with Crippen LogP contribution in [0.2, 0.25) is 0 Å². The molecule has 0 unspecified atom stereocenters. The molecule has 2 rings (SSSR count). The standard InChI is InChI=1S/C17H18OS/c19-12-5-4-7-15-10-6-11-17(13-15)18-14-16-8-2-1-3-9-16/h1-4,6-11,13,19H,5,12,14H2. The van der Waals surface area contributed by atoms with E-state index in [4.69, 9.17) is 4.74 Å². The van der Waals surface area contributed by atoms with Crippen molar-refractivity contribution < 1.29 is 4.74 Å². The van der Waals surface area contributed by atoms with Crippen LogP contribution in [0.3, 0.4) is 0 Å². The van der Waals surface area contributed by atoms with Crippen molar-refractivity contribution in [3.63, 3.8) is 0 Å². The van der Waals surface area contributed by atoms with E-state index in [1.807, 2.05) is 30.3 Å². The monoisotopic (exact) mass is 270 g/mol. The maximum absolute atomic E-state index is 5.79. The molecule has 0 amide bonds. The molecule has 98 valence electrons. The minimum atomic E-state index is 0.602. The zero-order valence-electron chi connectivity index (χ0n) is 10.8. The number of allylic oxidation sites excluding steroid dienone is 1. The molecule has 0 saturated heterocycles. The first kappa shape index (κ1) is 13.8. The summed E-state index contributed by atoms with van der Waals surface area (Å²) in [4.78, 5) is 0. The van der Waals surface area contributed by atoms with E-state index in [1.165, 1.54) is 5.56 Å². The lowest BCUT2D eigenvalue weighted by molar-refractivity contribution is 0.306. The quantitative estimate of drug-likeness (QED) is 0.755. The van der Waals surface area contributed by atoms with Crippen LogP contribution in [0.4, 0.5) is 0 Å². The molecule has 0 aliphatic carbocycles. The van der Waals surface area contributed by atoms with E-state index in [9.17, 15) is 0 Å². The highest BCUT2D eigenvalue weighted by molar-refractivity contribution is 7.80. The molecule has 2 aromatic rings. The number of hydrogen-bond donors (Lipinski definition) is 1. The van der Waals surface area contributed by atoms with Crippen molar-refractivity contribution in [3.05, 3.63) is 71.8 Å². The van der Waals surface area contributed by atoms with Gasteiger partial charge in [-0.1, -0.05) is 54.6 Å². The van der Waals surface area contributed by atoms with Crippen LogP contribution in [-0.2, 0) is 6.61 Å². The summed E-state index contributed by atoms with van der Waals surface area (Å²) in [6, 6.07) is 18.3. The summed E-state index contributed by atoms with van der Waals surface area (Å²) in [6.07, 6.45) is 5.22. The fourth-order valence-electron chi connectivity index (χ4n) is 1.74. The van der Waals surface area contributed by atoms with Gasteiger partial charge in [0, 0.05) is 0 Å². The van der Waals surface area contributed by atoms with E-state index in [2.05, 4.69) is 49.0 Å². The molecule has 0 spiro atoms. The Bertz CT molecular complexity index is 520. The van der Waals surface area contributed by atoms with E-state index < -0.39 is 0 Å². The molecule has 1 nitrogen and oxygen atoms in total. The Morgan fingerprint density at radius 1 is 1.00 bits per heavy atom. The summed E-state index contributed by atoms with van der Waals surface area (Å²) in [7, 11) is 0. The predicted molar refractivity (Wildman–Crippen MR) is 84.7 cm³/mol. The number of hydrogen-bond acceptors (Lipinski definition) is 2. The van der Waals surface area contributed by atoms with Gasteiger partial charge in [-0.15, -0.1) is 0 Å². The molecule has 0 saturated carbocycles. The van der Waals surface area contributed by atoms with Gasteiger partial charge >= 0.3 is 0 Å². The fraction of sp³-hybridized carbons (Fsp3) is 0.176. The minimum absolute atomic E-state index is 0.602. The normalized spacial score (nSPS) is 10.8. The molecule has 0 atom stereocenters. The van der Waals surface area contributed by atoms with Crippen molar-refractivity contribution >= 4 is 18.7 Å². The topological polar surface area (TPSA) is 9.23 Å². The molecule has 2 aromatic carbocycles. The molecule has 0 fully saturated rings. The second-order valence-corrected chi connectivity index (χ2v) is 4.71. The molecule has 0 aromatic heterocycles. The van der Waals surface area contributed by atoms with E-state index >= 15 is 0 Å². The Balaban J connectivity index is 1.95. The van der Waals surface area contributed by atoms with E-state index in [0.29, 0.717) is 6.61 Å². The van der Waals surface area contributed by atoms with Gasteiger partial charge in [-0.25, -0.2) is 0 Å². The van der Waals surface area contributed by atoms with Gasteiger partial charge in [-0.3, -0.25) is 0 Å². The lowest BCUT2D eigenvalue weighted by Crippen LogP contribution is -1.94. The first-order valence-corrected chi connectivity index (χ1v) is 7.06. The third kappa shape index (κ3) is 4.84. The largest absolute Gasteiger partial charge is 0.489 e. The van der Waals surface area contributed by atoms with Crippen LogP contribution in [0.1, 0.15) is 17.5 Å². The average molecular weight is 270 g/mol. The molecular weight excluding hydrogens is 252 g/mol. The lowest BCUT2D eigenvalue weighted by Gasteiger charge is -2.06. The van der Waals surface area contributed by atoms with E-state index in [-0.39, 0.29) is 0 Å². The minimum Gasteiger partial charge on any atom is -0.489 e. The van der Waals surface area contributed by atoms with Crippen molar-refractivity contribution in [2.45, 2.75) is 13.0 Å². The van der Waals surface area contributed by atoms with Crippen LogP contribution in [0, 0.1) is 0 Å². The summed E-state index contributed by atoms with van der Waals surface area (Å²) in [6.45, 7) is 0.602. The second kappa shape index (κ2) is 7.70. The highest BCUT2D eigenvalue weighted by atomic mass is 32.1. The van der Waals surface area contributed by atoms with Gasteiger partial charge in [0.15, 0.2) is 0 Å². The van der Waals surface area contributed by atoms with Crippen LogP contribution in [0.15, 0.2) is 60.7 Å². The summed E-state index contributed by atoms with van der Waals surface area (Å²) in [5.41, 5.74) is 2.34. The number of ether oxygens (including phenoxy) is 1. The zero-order valence-corrected chi connectivity index (χ0v) is 11.7. The molecule has 0 radical (unpaired) electrons. The first-order chi connectivity index (χ1) is 9.38. The van der Waals surface area contributed by atoms with Gasteiger partial charge in [0.05, 0.1) is 0 Å². The van der Waals surface area contributed by atoms with Gasteiger partial charge in [0.1, 0.15) is 12.4 Å². The second-order valence-electron chi connectivity index (χ2n) is 4.26. The highest BCUT2D eigenvalue weighted by Crippen LogP contribution is 2.16. The predicted octanol–water partition coefficient (Wildman–Crippen LogP) is 4.60. The molecule has 19 heavy (non-hydrogen) atoms. The van der Waals surface area contributed by atoms with Crippen LogP contribution < -0.4 is 4.74 Å². The van der Waals surface area contributed by atoms with Gasteiger partial charge in [0.2, 0.25) is 0 Å². The third-order valence-electron chi connectivity index (χ3n) is 2.71. The Morgan fingerprint density at radius 2 is 1.84 bits per heavy atom. The summed E-state index contributed by atoms with van der Waals surface area (Å²) in [5, 5.41) is 0. The highest BCUT2D eigenvalue weighted by Gasteiger charge is 1.96. The van der Waals surface area contributed by atoms with Gasteiger partial charge in [-0.2, -0.15) is 12.6 Å². The van der Waals surface area contributed by atoms with Gasteiger partial charge in [0.25, 0.3) is 0 Å². The molecule has 0 heterocycles. The lowest BCUT2D eigenvalue weighted by atomic mass is 10.2. The number of rotatable bonds is 6. The van der Waals surface area contributed by atoms with Crippen LogP contribution in [-0.4, -0.2) is 5.75 Å². The fourth-order valence-corrected chi connectivity index (χ4v) is 1.89. The summed E-state index contributed by atoms with van der Waals surface area (Å²) < 4.78 is 5.79. The van der Waals surface area contributed by atoms with Crippen molar-refractivity contribution in [1.82, 2.24) is 0 Å². The Hall–Kier alpha value is -1.67. The maximum atomic E-state index is 5.79. The van der Waals surface area contributed by atoms with E-state index in [0.717, 1.165) is 23.5 Å². The number of benzene rings is 2. The van der Waals surface area contributed by atoms with Crippen molar-refractivity contribution in [2.75, 3.05) is 5.75 Å². The van der Waals surface area contributed by atoms with Crippen LogP contribution in [0.25, 0.3) is 6.08 Å². The smallest absolute Gasteiger partial charge is 0.120 e. The average Bonchev–Trinajstić information content (AvgIpc) is 2.47.